The molecule has 6 aromatic rings. The Labute approximate surface area is 187 Å². The normalized spacial score (nSPS) is 15.1. The summed E-state index contributed by atoms with van der Waals surface area (Å²) in [6.45, 7) is 1.94. The zero-order valence-corrected chi connectivity index (χ0v) is 18.8. The second-order valence-electron chi connectivity index (χ2n) is 8.56. The number of benzene rings is 4. The Morgan fingerprint density at radius 1 is 0.645 bits per heavy atom. The third-order valence-corrected chi connectivity index (χ3v) is 9.03. The van der Waals surface area contributed by atoms with E-state index >= 15 is 0 Å². The molecule has 150 valence electrons. The Hall–Kier alpha value is -2.92. The molecule has 0 unspecified atom stereocenters. The summed E-state index contributed by atoms with van der Waals surface area (Å²) in [6, 6.07) is 26.0. The predicted octanol–water partition coefficient (Wildman–Crippen LogP) is 7.76. The predicted molar refractivity (Wildman–Crippen MR) is 135 cm³/mol. The van der Waals surface area contributed by atoms with E-state index in [0.717, 1.165) is 22.5 Å². The Morgan fingerprint density at radius 2 is 1.10 bits per heavy atom. The average molecular weight is 438 g/mol. The molecule has 0 spiro atoms. The zero-order valence-electron chi connectivity index (χ0n) is 17.1. The highest BCUT2D eigenvalue weighted by Gasteiger charge is 2.38. The first kappa shape index (κ1) is 17.7. The van der Waals surface area contributed by atoms with Gasteiger partial charge in [0.05, 0.1) is 0 Å². The largest absolute Gasteiger partial charge is 0.381 e. The molecule has 0 fully saturated rings. The number of anilines is 2. The number of fused-ring (bicyclic) bond motifs is 8. The van der Waals surface area contributed by atoms with Crippen LogP contribution in [0.2, 0.25) is 0 Å². The summed E-state index contributed by atoms with van der Waals surface area (Å²) in [5, 5.41) is 16.9. The lowest BCUT2D eigenvalue weighted by atomic mass is 9.81. The first-order valence-electron chi connectivity index (χ1n) is 10.4. The van der Waals surface area contributed by atoms with Crippen molar-refractivity contribution in [2.24, 2.45) is 0 Å². The van der Waals surface area contributed by atoms with Gasteiger partial charge >= 0.3 is 0 Å². The minimum absolute atomic E-state index is 0.970. The monoisotopic (exact) mass is 437 g/mol. The zero-order chi connectivity index (χ0) is 20.9. The fourth-order valence-corrected chi connectivity index (χ4v) is 7.37. The van der Waals surface area contributed by atoms with Gasteiger partial charge in [0.25, 0.3) is 0 Å². The number of aliphatic hydroxyl groups is 1. The van der Waals surface area contributed by atoms with Crippen LogP contribution in [-0.2, 0) is 5.60 Å². The molecule has 0 bridgehead atoms. The van der Waals surface area contributed by atoms with Crippen LogP contribution in [-0.4, -0.2) is 12.2 Å². The molecule has 4 aromatic carbocycles. The van der Waals surface area contributed by atoms with E-state index in [1.165, 1.54) is 40.3 Å². The van der Waals surface area contributed by atoms with Crippen LogP contribution in [0.5, 0.6) is 0 Å². The number of hydrogen-bond donors (Lipinski definition) is 1. The number of rotatable bonds is 0. The van der Waals surface area contributed by atoms with E-state index in [-0.39, 0.29) is 0 Å². The van der Waals surface area contributed by atoms with Crippen LogP contribution >= 0.6 is 22.7 Å². The molecule has 1 aliphatic rings. The molecule has 0 aliphatic carbocycles. The standard InChI is InChI=1S/C27H19NOS2/c1-27(29)19-11-17-15-7-3-5-9-23(15)30-25(17)13-21(19)28(2)22-14-26-18(12-20(22)27)16-8-4-6-10-24(16)31-26/h3-14,29H,1-2H3. The van der Waals surface area contributed by atoms with E-state index in [4.69, 9.17) is 0 Å². The molecule has 2 nitrogen and oxygen atoms in total. The fourth-order valence-electron chi connectivity index (χ4n) is 5.13. The van der Waals surface area contributed by atoms with Crippen LogP contribution in [0, 0.1) is 0 Å². The lowest BCUT2D eigenvalue weighted by molar-refractivity contribution is 0.102. The molecule has 0 radical (unpaired) electrons. The van der Waals surface area contributed by atoms with Gasteiger partial charge in [-0.25, -0.2) is 0 Å². The molecule has 1 aliphatic heterocycles. The lowest BCUT2D eigenvalue weighted by Gasteiger charge is -2.39. The second kappa shape index (κ2) is 5.86. The second-order valence-corrected chi connectivity index (χ2v) is 10.7. The fraction of sp³-hybridized carbons (Fsp3) is 0.111. The molecule has 0 amide bonds. The van der Waals surface area contributed by atoms with Gasteiger partial charge in [-0.3, -0.25) is 0 Å². The third-order valence-electron chi connectivity index (χ3n) is 6.76. The van der Waals surface area contributed by atoms with Crippen molar-refractivity contribution in [3.05, 3.63) is 83.9 Å². The molecule has 3 heterocycles. The number of hydrogen-bond acceptors (Lipinski definition) is 4. The molecule has 0 atom stereocenters. The Morgan fingerprint density at radius 3 is 1.58 bits per heavy atom. The van der Waals surface area contributed by atoms with Crippen LogP contribution in [0.25, 0.3) is 40.3 Å². The molecule has 2 aromatic heterocycles. The van der Waals surface area contributed by atoms with Crippen molar-refractivity contribution in [2.75, 3.05) is 11.9 Å². The Balaban J connectivity index is 1.56. The van der Waals surface area contributed by atoms with E-state index in [0.29, 0.717) is 0 Å². The van der Waals surface area contributed by atoms with E-state index in [1.807, 2.05) is 29.6 Å². The van der Waals surface area contributed by atoms with E-state index in [1.54, 1.807) is 0 Å². The van der Waals surface area contributed by atoms with Gasteiger partial charge in [-0.1, -0.05) is 36.4 Å². The van der Waals surface area contributed by atoms with Gasteiger partial charge < -0.3 is 10.0 Å². The topological polar surface area (TPSA) is 23.5 Å². The van der Waals surface area contributed by atoms with Gasteiger partial charge in [0.15, 0.2) is 0 Å². The van der Waals surface area contributed by atoms with Crippen LogP contribution in [0.4, 0.5) is 11.4 Å². The molecular weight excluding hydrogens is 418 g/mol. The lowest BCUT2D eigenvalue weighted by Crippen LogP contribution is -2.32. The molecular formula is C27H19NOS2. The van der Waals surface area contributed by atoms with Gasteiger partial charge in [0.2, 0.25) is 0 Å². The molecule has 7 rings (SSSR count). The summed E-state index contributed by atoms with van der Waals surface area (Å²) >= 11 is 3.63. The van der Waals surface area contributed by atoms with Crippen molar-refractivity contribution in [1.29, 1.82) is 0 Å². The van der Waals surface area contributed by atoms with E-state index in [2.05, 4.69) is 84.7 Å². The summed E-state index contributed by atoms with van der Waals surface area (Å²) in [7, 11) is 2.12. The molecule has 1 N–H and O–H groups in total. The van der Waals surface area contributed by atoms with Crippen LogP contribution < -0.4 is 4.90 Å². The maximum absolute atomic E-state index is 11.9. The molecule has 0 saturated carbocycles. The summed E-state index contributed by atoms with van der Waals surface area (Å²) in [4.78, 5) is 2.25. The van der Waals surface area contributed by atoms with Gasteiger partial charge in [-0.2, -0.15) is 0 Å². The summed E-state index contributed by atoms with van der Waals surface area (Å²) in [5.74, 6) is 0. The summed E-state index contributed by atoms with van der Waals surface area (Å²) in [6.07, 6.45) is 0. The van der Waals surface area contributed by atoms with Crippen molar-refractivity contribution in [3.63, 3.8) is 0 Å². The molecule has 4 heteroatoms. The highest BCUT2D eigenvalue weighted by atomic mass is 32.1. The maximum atomic E-state index is 11.9. The number of thiophene rings is 2. The van der Waals surface area contributed by atoms with E-state index in [9.17, 15) is 5.11 Å². The van der Waals surface area contributed by atoms with Gasteiger partial charge in [0.1, 0.15) is 5.60 Å². The number of nitrogens with zero attached hydrogens (tertiary/aromatic N) is 1. The summed E-state index contributed by atoms with van der Waals surface area (Å²) < 4.78 is 5.08. The smallest absolute Gasteiger partial charge is 0.116 e. The van der Waals surface area contributed by atoms with Gasteiger partial charge in [-0.15, -0.1) is 22.7 Å². The van der Waals surface area contributed by atoms with Gasteiger partial charge in [0, 0.05) is 69.9 Å². The van der Waals surface area contributed by atoms with Crippen molar-refractivity contribution in [2.45, 2.75) is 12.5 Å². The maximum Gasteiger partial charge on any atom is 0.116 e. The quantitative estimate of drug-likeness (QED) is 0.262. The average Bonchev–Trinajstić information content (AvgIpc) is 3.33. The van der Waals surface area contributed by atoms with Crippen LogP contribution in [0.3, 0.4) is 0 Å². The minimum Gasteiger partial charge on any atom is -0.381 e. The Kier molecular flexibility index (Phi) is 3.35. The molecule has 31 heavy (non-hydrogen) atoms. The highest BCUT2D eigenvalue weighted by Crippen LogP contribution is 2.52. The van der Waals surface area contributed by atoms with Crippen molar-refractivity contribution in [1.82, 2.24) is 0 Å². The first-order chi connectivity index (χ1) is 15.0. The third kappa shape index (κ3) is 2.25. The van der Waals surface area contributed by atoms with Crippen molar-refractivity contribution < 1.29 is 5.11 Å². The van der Waals surface area contributed by atoms with Crippen molar-refractivity contribution in [3.8, 4) is 0 Å². The highest BCUT2D eigenvalue weighted by molar-refractivity contribution is 7.26. The SMILES string of the molecule is CN1c2cc3sc4ccccc4c3cc2C(C)(O)c2cc3c(cc21)sc1ccccc13. The molecule has 0 saturated heterocycles. The first-order valence-corrected chi connectivity index (χ1v) is 12.0. The Bertz CT molecular complexity index is 1560. The van der Waals surface area contributed by atoms with Gasteiger partial charge in [-0.05, 0) is 43.3 Å². The van der Waals surface area contributed by atoms with Crippen LogP contribution in [0.15, 0.2) is 72.8 Å². The minimum atomic E-state index is -1.06. The summed E-state index contributed by atoms with van der Waals surface area (Å²) in [5.41, 5.74) is 3.04. The van der Waals surface area contributed by atoms with E-state index < -0.39 is 5.60 Å². The van der Waals surface area contributed by atoms with Crippen LogP contribution in [0.1, 0.15) is 18.1 Å². The van der Waals surface area contributed by atoms with Crippen molar-refractivity contribution >= 4 is 74.4 Å².